The maximum absolute atomic E-state index is 4.43. The van der Waals surface area contributed by atoms with Crippen molar-refractivity contribution in [2.75, 3.05) is 38.1 Å². The van der Waals surface area contributed by atoms with Crippen molar-refractivity contribution in [3.8, 4) is 0 Å². The van der Waals surface area contributed by atoms with Crippen LogP contribution >= 0.6 is 0 Å². The summed E-state index contributed by atoms with van der Waals surface area (Å²) >= 11 is 0. The Morgan fingerprint density at radius 3 is 2.33 bits per heavy atom. The molecule has 3 nitrogen and oxygen atoms in total. The van der Waals surface area contributed by atoms with Gasteiger partial charge in [0.2, 0.25) is 0 Å². The molecule has 0 amide bonds. The van der Waals surface area contributed by atoms with Crippen LogP contribution in [-0.4, -0.2) is 43.1 Å². The molecule has 140 valence electrons. The van der Waals surface area contributed by atoms with Crippen LogP contribution in [0.25, 0.3) is 23.1 Å². The fourth-order valence-electron chi connectivity index (χ4n) is 3.25. The SMILES string of the molecule is CCN(CC)CCN(C)c1ccc(/C=C/c2ccnc3ccccc23)cc1. The monoisotopic (exact) mass is 359 g/mol. The Labute approximate surface area is 163 Å². The molecule has 0 saturated carbocycles. The van der Waals surface area contributed by atoms with Crippen LogP contribution in [0.15, 0.2) is 60.8 Å². The van der Waals surface area contributed by atoms with Gasteiger partial charge < -0.3 is 9.80 Å². The third kappa shape index (κ3) is 4.95. The van der Waals surface area contributed by atoms with E-state index >= 15 is 0 Å². The smallest absolute Gasteiger partial charge is 0.0707 e. The van der Waals surface area contributed by atoms with Crippen LogP contribution in [0.1, 0.15) is 25.0 Å². The number of aromatic nitrogens is 1. The number of likely N-dealkylation sites (N-methyl/N-ethyl adjacent to an activating group) is 2. The average molecular weight is 360 g/mol. The number of hydrogen-bond acceptors (Lipinski definition) is 3. The minimum atomic E-state index is 1.03. The van der Waals surface area contributed by atoms with Gasteiger partial charge in [0.15, 0.2) is 0 Å². The zero-order valence-corrected chi connectivity index (χ0v) is 16.6. The van der Waals surface area contributed by atoms with Crippen LogP contribution in [0.2, 0.25) is 0 Å². The predicted octanol–water partition coefficient (Wildman–Crippen LogP) is 5.18. The Hall–Kier alpha value is -2.65. The fourth-order valence-corrected chi connectivity index (χ4v) is 3.25. The Kier molecular flexibility index (Phi) is 6.61. The van der Waals surface area contributed by atoms with Gasteiger partial charge in [-0.25, -0.2) is 0 Å². The molecule has 1 heterocycles. The molecule has 0 spiro atoms. The van der Waals surface area contributed by atoms with Crippen LogP contribution in [-0.2, 0) is 0 Å². The normalized spacial score (nSPS) is 11.6. The van der Waals surface area contributed by atoms with E-state index in [1.54, 1.807) is 0 Å². The topological polar surface area (TPSA) is 19.4 Å². The Balaban J connectivity index is 1.67. The molecular formula is C24H29N3. The van der Waals surface area contributed by atoms with Gasteiger partial charge in [0.05, 0.1) is 5.52 Å². The van der Waals surface area contributed by atoms with Crippen molar-refractivity contribution in [2.24, 2.45) is 0 Å². The van der Waals surface area contributed by atoms with Crippen molar-refractivity contribution in [3.63, 3.8) is 0 Å². The van der Waals surface area contributed by atoms with Crippen molar-refractivity contribution in [3.05, 3.63) is 71.9 Å². The summed E-state index contributed by atoms with van der Waals surface area (Å²) in [5.41, 5.74) is 4.69. The molecule has 1 aromatic heterocycles. The Bertz CT molecular complexity index is 874. The first-order valence-corrected chi connectivity index (χ1v) is 9.76. The van der Waals surface area contributed by atoms with Crippen LogP contribution in [0.5, 0.6) is 0 Å². The number of hydrogen-bond donors (Lipinski definition) is 0. The lowest BCUT2D eigenvalue weighted by Crippen LogP contribution is -2.33. The maximum Gasteiger partial charge on any atom is 0.0707 e. The van der Waals surface area contributed by atoms with E-state index in [1.165, 1.54) is 22.2 Å². The summed E-state index contributed by atoms with van der Waals surface area (Å²) < 4.78 is 0. The van der Waals surface area contributed by atoms with Crippen LogP contribution < -0.4 is 4.90 Å². The minimum Gasteiger partial charge on any atom is -0.373 e. The zero-order valence-electron chi connectivity index (χ0n) is 16.6. The summed E-state index contributed by atoms with van der Waals surface area (Å²) in [5, 5.41) is 1.18. The van der Waals surface area contributed by atoms with E-state index in [4.69, 9.17) is 0 Å². The molecule has 0 aliphatic rings. The van der Waals surface area contributed by atoms with E-state index in [9.17, 15) is 0 Å². The second-order valence-electron chi connectivity index (χ2n) is 6.79. The standard InChI is InChI=1S/C24H29N3/c1-4-27(5-2)19-18-26(3)22-14-11-20(12-15-22)10-13-21-16-17-25-24-9-7-6-8-23(21)24/h6-17H,4-5,18-19H2,1-3H3/b13-10+. The summed E-state index contributed by atoms with van der Waals surface area (Å²) in [6.07, 6.45) is 6.21. The summed E-state index contributed by atoms with van der Waals surface area (Å²) in [4.78, 5) is 9.20. The highest BCUT2D eigenvalue weighted by Crippen LogP contribution is 2.20. The molecule has 2 aromatic carbocycles. The maximum atomic E-state index is 4.43. The fraction of sp³-hybridized carbons (Fsp3) is 0.292. The molecule has 3 aromatic rings. The predicted molar refractivity (Wildman–Crippen MR) is 118 cm³/mol. The second-order valence-corrected chi connectivity index (χ2v) is 6.79. The Morgan fingerprint density at radius 1 is 0.852 bits per heavy atom. The van der Waals surface area contributed by atoms with E-state index in [0.717, 1.165) is 31.7 Å². The molecular weight excluding hydrogens is 330 g/mol. The lowest BCUT2D eigenvalue weighted by Gasteiger charge is -2.24. The van der Waals surface area contributed by atoms with Gasteiger partial charge in [-0.05, 0) is 48.5 Å². The van der Waals surface area contributed by atoms with E-state index in [-0.39, 0.29) is 0 Å². The van der Waals surface area contributed by atoms with Crippen molar-refractivity contribution >= 4 is 28.7 Å². The van der Waals surface area contributed by atoms with Gasteiger partial charge >= 0.3 is 0 Å². The molecule has 3 heteroatoms. The van der Waals surface area contributed by atoms with E-state index < -0.39 is 0 Å². The minimum absolute atomic E-state index is 1.03. The first-order chi connectivity index (χ1) is 13.2. The van der Waals surface area contributed by atoms with Gasteiger partial charge in [-0.3, -0.25) is 4.98 Å². The molecule has 0 atom stereocenters. The quantitative estimate of drug-likeness (QED) is 0.552. The average Bonchev–Trinajstić information content (AvgIpc) is 2.73. The summed E-state index contributed by atoms with van der Waals surface area (Å²) in [7, 11) is 2.16. The summed E-state index contributed by atoms with van der Waals surface area (Å²) in [6.45, 7) is 8.79. The van der Waals surface area contributed by atoms with Gasteiger partial charge in [0.25, 0.3) is 0 Å². The van der Waals surface area contributed by atoms with E-state index in [0.29, 0.717) is 0 Å². The van der Waals surface area contributed by atoms with Crippen LogP contribution in [0, 0.1) is 0 Å². The molecule has 0 radical (unpaired) electrons. The van der Waals surface area contributed by atoms with Crippen LogP contribution in [0.3, 0.4) is 0 Å². The first-order valence-electron chi connectivity index (χ1n) is 9.76. The highest BCUT2D eigenvalue weighted by molar-refractivity contribution is 5.90. The van der Waals surface area contributed by atoms with E-state index in [2.05, 4.69) is 96.4 Å². The first kappa shape index (κ1) is 19.1. The molecule has 0 saturated heterocycles. The second kappa shape index (κ2) is 9.33. The highest BCUT2D eigenvalue weighted by Gasteiger charge is 2.04. The summed E-state index contributed by atoms with van der Waals surface area (Å²) in [5.74, 6) is 0. The van der Waals surface area contributed by atoms with Crippen molar-refractivity contribution in [1.82, 2.24) is 9.88 Å². The summed E-state index contributed by atoms with van der Waals surface area (Å²) in [6, 6.07) is 19.1. The molecule has 0 aliphatic carbocycles. The third-order valence-corrected chi connectivity index (χ3v) is 5.12. The molecule has 0 N–H and O–H groups in total. The van der Waals surface area contributed by atoms with Gasteiger partial charge in [-0.2, -0.15) is 0 Å². The number of anilines is 1. The molecule has 0 unspecified atom stereocenters. The number of nitrogens with zero attached hydrogens (tertiary/aromatic N) is 3. The lowest BCUT2D eigenvalue weighted by molar-refractivity contribution is 0.311. The highest BCUT2D eigenvalue weighted by atomic mass is 15.2. The Morgan fingerprint density at radius 2 is 1.59 bits per heavy atom. The number of fused-ring (bicyclic) bond motifs is 1. The van der Waals surface area contributed by atoms with Crippen LogP contribution in [0.4, 0.5) is 5.69 Å². The molecule has 3 rings (SSSR count). The van der Waals surface area contributed by atoms with Gasteiger partial charge in [-0.15, -0.1) is 0 Å². The number of pyridine rings is 1. The van der Waals surface area contributed by atoms with Gasteiger partial charge in [0.1, 0.15) is 0 Å². The van der Waals surface area contributed by atoms with E-state index in [1.807, 2.05) is 12.3 Å². The van der Waals surface area contributed by atoms with Gasteiger partial charge in [-0.1, -0.05) is 56.3 Å². The van der Waals surface area contributed by atoms with Crippen molar-refractivity contribution in [1.29, 1.82) is 0 Å². The lowest BCUT2D eigenvalue weighted by atomic mass is 10.1. The molecule has 0 fully saturated rings. The number of rotatable bonds is 8. The third-order valence-electron chi connectivity index (χ3n) is 5.12. The number of benzene rings is 2. The molecule has 0 aliphatic heterocycles. The largest absolute Gasteiger partial charge is 0.373 e. The zero-order chi connectivity index (χ0) is 19.1. The molecule has 0 bridgehead atoms. The van der Waals surface area contributed by atoms with Crippen molar-refractivity contribution < 1.29 is 0 Å². The van der Waals surface area contributed by atoms with Gasteiger partial charge in [0, 0.05) is 37.4 Å². The van der Waals surface area contributed by atoms with Crippen molar-refractivity contribution in [2.45, 2.75) is 13.8 Å². The number of para-hydroxylation sites is 1. The molecule has 27 heavy (non-hydrogen) atoms.